The minimum Gasteiger partial charge on any atom is -0.464 e. The smallest absolute Gasteiger partial charge is 0.328 e. The molecule has 0 saturated carbocycles. The lowest BCUT2D eigenvalue weighted by atomic mass is 9.77. The van der Waals surface area contributed by atoms with Crippen molar-refractivity contribution >= 4 is 17.8 Å². The van der Waals surface area contributed by atoms with E-state index in [9.17, 15) is 14.4 Å². The van der Waals surface area contributed by atoms with Crippen LogP contribution < -0.4 is 16.4 Å². The molecule has 7 heteroatoms. The first-order chi connectivity index (χ1) is 18.4. The second-order valence-corrected chi connectivity index (χ2v) is 9.29. The van der Waals surface area contributed by atoms with Crippen LogP contribution in [0.2, 0.25) is 0 Å². The molecule has 38 heavy (non-hydrogen) atoms. The molecule has 3 aromatic rings. The van der Waals surface area contributed by atoms with Gasteiger partial charge in [0.1, 0.15) is 11.6 Å². The second kappa shape index (κ2) is 14.1. The summed E-state index contributed by atoms with van der Waals surface area (Å²) in [5.41, 5.74) is 7.87. The van der Waals surface area contributed by atoms with Crippen LogP contribution in [-0.2, 0) is 24.7 Å². The van der Waals surface area contributed by atoms with Gasteiger partial charge in [0, 0.05) is 6.42 Å². The lowest BCUT2D eigenvalue weighted by Crippen LogP contribution is -2.49. The largest absolute Gasteiger partial charge is 0.464 e. The van der Waals surface area contributed by atoms with Gasteiger partial charge in [-0.2, -0.15) is 0 Å². The number of rotatable bonds is 13. The van der Waals surface area contributed by atoms with Gasteiger partial charge in [-0.25, -0.2) is 4.79 Å². The average molecular weight is 516 g/mol. The molecular formula is C31H37N3O4. The molecule has 0 aliphatic heterocycles. The van der Waals surface area contributed by atoms with E-state index in [1.165, 1.54) is 0 Å². The van der Waals surface area contributed by atoms with Crippen LogP contribution in [0.3, 0.4) is 0 Å². The van der Waals surface area contributed by atoms with E-state index < -0.39 is 29.5 Å². The quantitative estimate of drug-likeness (QED) is 0.181. The highest BCUT2D eigenvalue weighted by Gasteiger charge is 2.37. The summed E-state index contributed by atoms with van der Waals surface area (Å²) in [6.45, 7) is 3.87. The predicted molar refractivity (Wildman–Crippen MR) is 148 cm³/mol. The number of esters is 1. The van der Waals surface area contributed by atoms with Crippen LogP contribution in [0.15, 0.2) is 91.0 Å². The molecule has 4 N–H and O–H groups in total. The second-order valence-electron chi connectivity index (χ2n) is 9.29. The maximum atomic E-state index is 13.4. The molecule has 0 aliphatic rings. The maximum Gasteiger partial charge on any atom is 0.328 e. The van der Waals surface area contributed by atoms with Gasteiger partial charge >= 0.3 is 5.97 Å². The first-order valence-corrected chi connectivity index (χ1v) is 13.1. The number of hydrogen-bond acceptors (Lipinski definition) is 5. The summed E-state index contributed by atoms with van der Waals surface area (Å²) in [6.07, 6.45) is 1.81. The van der Waals surface area contributed by atoms with Crippen molar-refractivity contribution < 1.29 is 19.1 Å². The zero-order valence-electron chi connectivity index (χ0n) is 22.1. The highest BCUT2D eigenvalue weighted by Crippen LogP contribution is 2.36. The molecule has 200 valence electrons. The Balaban J connectivity index is 1.75. The van der Waals surface area contributed by atoms with Gasteiger partial charge in [-0.1, -0.05) is 104 Å². The Morgan fingerprint density at radius 2 is 1.32 bits per heavy atom. The van der Waals surface area contributed by atoms with E-state index in [0.29, 0.717) is 6.61 Å². The lowest BCUT2D eigenvalue weighted by Gasteiger charge is -2.37. The number of nitrogens with two attached hydrogens (primary N) is 1. The molecule has 3 aromatic carbocycles. The van der Waals surface area contributed by atoms with Gasteiger partial charge in [0.2, 0.25) is 11.8 Å². The topological polar surface area (TPSA) is 111 Å². The minimum atomic E-state index is -0.953. The van der Waals surface area contributed by atoms with E-state index >= 15 is 0 Å². The number of ether oxygens (including phenoxy) is 1. The van der Waals surface area contributed by atoms with Crippen molar-refractivity contribution in [1.82, 2.24) is 10.6 Å². The Morgan fingerprint density at radius 1 is 0.842 bits per heavy atom. The first-order valence-electron chi connectivity index (χ1n) is 13.1. The molecule has 0 unspecified atom stereocenters. The summed E-state index contributed by atoms with van der Waals surface area (Å²) in [5.74, 6) is -1.26. The maximum absolute atomic E-state index is 13.4. The lowest BCUT2D eigenvalue weighted by molar-refractivity contribution is -0.147. The molecule has 0 aromatic heterocycles. The van der Waals surface area contributed by atoms with Crippen LogP contribution in [-0.4, -0.2) is 36.5 Å². The standard InChI is InChI=1S/C31H37N3O4/c1-3-4-22-38-30(37)23(2)33-29(36)27(32)20-21-28(35)34-31(24-14-8-5-9-15-24,25-16-10-6-11-17-25)26-18-12-7-13-19-26/h5-19,23,27H,3-4,20-22,32H2,1-2H3,(H,33,36)(H,34,35)/t23-,27-/m0/s1. The Labute approximate surface area is 224 Å². The summed E-state index contributed by atoms with van der Waals surface area (Å²) in [7, 11) is 0. The molecule has 0 radical (unpaired) electrons. The van der Waals surface area contributed by atoms with Gasteiger partial charge < -0.3 is 21.1 Å². The fourth-order valence-electron chi connectivity index (χ4n) is 4.29. The number of unbranched alkanes of at least 4 members (excludes halogenated alkanes) is 1. The van der Waals surface area contributed by atoms with Crippen molar-refractivity contribution in [2.75, 3.05) is 6.61 Å². The van der Waals surface area contributed by atoms with E-state index in [1.807, 2.05) is 97.9 Å². The number of benzene rings is 3. The number of amides is 2. The molecule has 3 rings (SSSR count). The van der Waals surface area contributed by atoms with Gasteiger partial charge in [-0.15, -0.1) is 0 Å². The van der Waals surface area contributed by atoms with Gasteiger partial charge in [-0.3, -0.25) is 9.59 Å². The zero-order chi connectivity index (χ0) is 27.4. The SMILES string of the molecule is CCCCOC(=O)[C@H](C)NC(=O)[C@@H](N)CCC(=O)NC(c1ccccc1)(c1ccccc1)c1ccccc1. The summed E-state index contributed by atoms with van der Waals surface area (Å²) in [6, 6.07) is 27.6. The van der Waals surface area contributed by atoms with Crippen LogP contribution in [0.5, 0.6) is 0 Å². The Hall–Kier alpha value is -3.97. The van der Waals surface area contributed by atoms with Gasteiger partial charge in [0.15, 0.2) is 0 Å². The van der Waals surface area contributed by atoms with Crippen LogP contribution in [0, 0.1) is 0 Å². The van der Waals surface area contributed by atoms with Crippen molar-refractivity contribution in [1.29, 1.82) is 0 Å². The highest BCUT2D eigenvalue weighted by atomic mass is 16.5. The van der Waals surface area contributed by atoms with Crippen LogP contribution in [0.4, 0.5) is 0 Å². The average Bonchev–Trinajstić information content (AvgIpc) is 2.96. The van der Waals surface area contributed by atoms with Gasteiger partial charge in [-0.05, 0) is 36.5 Å². The molecule has 0 heterocycles. The summed E-state index contributed by atoms with van der Waals surface area (Å²) >= 11 is 0. The summed E-state index contributed by atoms with van der Waals surface area (Å²) in [4.78, 5) is 38.0. The molecule has 0 aliphatic carbocycles. The molecule has 2 amide bonds. The van der Waals surface area contributed by atoms with Gasteiger partial charge in [0.05, 0.1) is 12.6 Å². The number of hydrogen-bond donors (Lipinski definition) is 3. The molecule has 0 bridgehead atoms. The molecular weight excluding hydrogens is 478 g/mol. The van der Waals surface area contributed by atoms with E-state index in [1.54, 1.807) is 6.92 Å². The monoisotopic (exact) mass is 515 g/mol. The fourth-order valence-corrected chi connectivity index (χ4v) is 4.29. The number of carbonyl (C=O) groups excluding carboxylic acids is 3. The van der Waals surface area contributed by atoms with E-state index in [0.717, 1.165) is 29.5 Å². The number of nitrogens with one attached hydrogen (secondary N) is 2. The van der Waals surface area contributed by atoms with Crippen LogP contribution >= 0.6 is 0 Å². The van der Waals surface area contributed by atoms with E-state index in [-0.39, 0.29) is 18.7 Å². The molecule has 0 spiro atoms. The van der Waals surface area contributed by atoms with Crippen molar-refractivity contribution in [3.8, 4) is 0 Å². The van der Waals surface area contributed by atoms with Crippen molar-refractivity contribution in [2.45, 2.75) is 57.2 Å². The summed E-state index contributed by atoms with van der Waals surface area (Å²) < 4.78 is 5.15. The first kappa shape index (κ1) is 28.6. The molecule has 0 fully saturated rings. The third-order valence-corrected chi connectivity index (χ3v) is 6.42. The van der Waals surface area contributed by atoms with Crippen molar-refractivity contribution in [2.24, 2.45) is 5.73 Å². The van der Waals surface area contributed by atoms with E-state index in [2.05, 4.69) is 10.6 Å². The third-order valence-electron chi connectivity index (χ3n) is 6.42. The minimum absolute atomic E-state index is 0.0260. The molecule has 0 saturated heterocycles. The molecule has 2 atom stereocenters. The van der Waals surface area contributed by atoms with Crippen molar-refractivity contribution in [3.63, 3.8) is 0 Å². The molecule has 7 nitrogen and oxygen atoms in total. The predicted octanol–water partition coefficient (Wildman–Crippen LogP) is 4.05. The normalized spacial score (nSPS) is 12.7. The zero-order valence-corrected chi connectivity index (χ0v) is 22.1. The highest BCUT2D eigenvalue weighted by molar-refractivity contribution is 5.88. The fraction of sp³-hybridized carbons (Fsp3) is 0.323. The Bertz CT molecular complexity index is 1070. The third kappa shape index (κ3) is 7.29. The van der Waals surface area contributed by atoms with E-state index in [4.69, 9.17) is 10.5 Å². The van der Waals surface area contributed by atoms with Crippen LogP contribution in [0.1, 0.15) is 56.2 Å². The number of carbonyl (C=O) groups is 3. The Morgan fingerprint density at radius 3 is 1.76 bits per heavy atom. The summed E-state index contributed by atoms with van der Waals surface area (Å²) in [5, 5.41) is 5.85. The van der Waals surface area contributed by atoms with Crippen LogP contribution in [0.25, 0.3) is 0 Å². The van der Waals surface area contributed by atoms with Gasteiger partial charge in [0.25, 0.3) is 0 Å². The van der Waals surface area contributed by atoms with Crippen molar-refractivity contribution in [3.05, 3.63) is 108 Å². The Kier molecular flexibility index (Phi) is 10.6.